The molecular formula is C19H23N3O7. The molecule has 0 aromatic heterocycles. The monoisotopic (exact) mass is 405 g/mol. The number of anilines is 1. The van der Waals surface area contributed by atoms with E-state index in [4.69, 9.17) is 18.9 Å². The van der Waals surface area contributed by atoms with Crippen LogP contribution in [0.15, 0.2) is 12.1 Å². The number of ether oxygens (including phenoxy) is 4. The molecule has 4 rings (SSSR count). The number of hydrogen-bond donors (Lipinski definition) is 1. The first-order valence-electron chi connectivity index (χ1n) is 9.51. The van der Waals surface area contributed by atoms with Gasteiger partial charge in [-0.25, -0.2) is 0 Å². The molecule has 1 atom stereocenters. The van der Waals surface area contributed by atoms with Crippen molar-refractivity contribution in [2.24, 2.45) is 0 Å². The number of amides is 2. The molecule has 2 fully saturated rings. The molecule has 0 saturated carbocycles. The lowest BCUT2D eigenvalue weighted by Crippen LogP contribution is -2.52. The summed E-state index contributed by atoms with van der Waals surface area (Å²) in [7, 11) is 1.52. The zero-order chi connectivity index (χ0) is 20.4. The molecule has 0 bridgehead atoms. The van der Waals surface area contributed by atoms with Crippen LogP contribution in [0, 0.1) is 0 Å². The molecule has 3 aliphatic heterocycles. The first-order valence-corrected chi connectivity index (χ1v) is 9.51. The maximum Gasteiger partial charge on any atom is 0.306 e. The summed E-state index contributed by atoms with van der Waals surface area (Å²) in [5.74, 6) is 0.966. The Morgan fingerprint density at radius 3 is 2.55 bits per heavy atom. The smallest absolute Gasteiger partial charge is 0.306 e. The number of nitrogens with one attached hydrogen (secondary N) is 1. The van der Waals surface area contributed by atoms with Crippen LogP contribution in [0.25, 0.3) is 0 Å². The van der Waals surface area contributed by atoms with Gasteiger partial charge < -0.3 is 29.2 Å². The lowest BCUT2D eigenvalue weighted by molar-refractivity contribution is -0.153. The molecule has 0 unspecified atom stereocenters. The fraction of sp³-hybridized carbons (Fsp3) is 0.526. The maximum atomic E-state index is 12.5. The van der Waals surface area contributed by atoms with Crippen LogP contribution in [-0.2, 0) is 19.1 Å². The second-order valence-electron chi connectivity index (χ2n) is 7.07. The Kier molecular flexibility index (Phi) is 5.43. The zero-order valence-electron chi connectivity index (χ0n) is 16.1. The Labute approximate surface area is 167 Å². The highest BCUT2D eigenvalue weighted by atomic mass is 16.7. The second-order valence-corrected chi connectivity index (χ2v) is 7.07. The van der Waals surface area contributed by atoms with E-state index in [-0.39, 0.29) is 31.1 Å². The van der Waals surface area contributed by atoms with Crippen LogP contribution in [0.4, 0.5) is 5.69 Å². The minimum absolute atomic E-state index is 0.138. The molecule has 1 aromatic rings. The van der Waals surface area contributed by atoms with E-state index in [1.54, 1.807) is 17.0 Å². The molecule has 3 heterocycles. The van der Waals surface area contributed by atoms with Gasteiger partial charge in [-0.05, 0) is 0 Å². The largest absolute Gasteiger partial charge is 0.494 e. The van der Waals surface area contributed by atoms with Crippen LogP contribution in [0.3, 0.4) is 0 Å². The van der Waals surface area contributed by atoms with E-state index in [1.165, 1.54) is 7.11 Å². The number of hydrogen-bond acceptors (Lipinski definition) is 8. The Balaban J connectivity index is 1.28. The standard InChI is InChI=1S/C19H23N3O7/c1-26-14-9-16-15(27-11-28-16)8-12(14)20-17(23)10-21-4-6-22(7-5-21)19(25)13-2-3-18(24)29-13/h8-9,13H,2-7,10-11H2,1H3,(H,20,23)/t13-/m1/s1. The maximum absolute atomic E-state index is 12.5. The number of esters is 1. The summed E-state index contributed by atoms with van der Waals surface area (Å²) in [4.78, 5) is 39.8. The molecule has 156 valence electrons. The molecule has 0 aliphatic carbocycles. The quantitative estimate of drug-likeness (QED) is 0.693. The first-order chi connectivity index (χ1) is 14.0. The summed E-state index contributed by atoms with van der Waals surface area (Å²) in [5.41, 5.74) is 0.513. The molecule has 10 nitrogen and oxygen atoms in total. The molecular weight excluding hydrogens is 382 g/mol. The summed E-state index contributed by atoms with van der Waals surface area (Å²) in [5, 5.41) is 2.84. The number of carbonyl (C=O) groups is 3. The summed E-state index contributed by atoms with van der Waals surface area (Å²) < 4.78 is 21.0. The highest BCUT2D eigenvalue weighted by molar-refractivity contribution is 5.94. The van der Waals surface area contributed by atoms with E-state index >= 15 is 0 Å². The molecule has 0 radical (unpaired) electrons. The number of carbonyl (C=O) groups excluding carboxylic acids is 3. The van der Waals surface area contributed by atoms with Gasteiger partial charge in [0.15, 0.2) is 17.6 Å². The van der Waals surface area contributed by atoms with E-state index in [0.29, 0.717) is 62.0 Å². The highest BCUT2D eigenvalue weighted by Gasteiger charge is 2.34. The van der Waals surface area contributed by atoms with Gasteiger partial charge in [-0.15, -0.1) is 0 Å². The van der Waals surface area contributed by atoms with E-state index in [1.807, 2.05) is 4.90 Å². The number of benzene rings is 1. The van der Waals surface area contributed by atoms with Crippen molar-refractivity contribution in [2.45, 2.75) is 18.9 Å². The van der Waals surface area contributed by atoms with Crippen LogP contribution in [0.5, 0.6) is 17.2 Å². The van der Waals surface area contributed by atoms with Crippen LogP contribution < -0.4 is 19.5 Å². The molecule has 2 saturated heterocycles. The van der Waals surface area contributed by atoms with Crippen molar-refractivity contribution >= 4 is 23.5 Å². The predicted molar refractivity (Wildman–Crippen MR) is 99.9 cm³/mol. The molecule has 1 N–H and O–H groups in total. The highest BCUT2D eigenvalue weighted by Crippen LogP contribution is 2.40. The van der Waals surface area contributed by atoms with Gasteiger partial charge in [-0.3, -0.25) is 19.3 Å². The van der Waals surface area contributed by atoms with Gasteiger partial charge >= 0.3 is 5.97 Å². The summed E-state index contributed by atoms with van der Waals surface area (Å²) in [6.45, 7) is 2.45. The summed E-state index contributed by atoms with van der Waals surface area (Å²) >= 11 is 0. The minimum atomic E-state index is -0.657. The molecule has 10 heteroatoms. The second kappa shape index (κ2) is 8.16. The zero-order valence-corrected chi connectivity index (χ0v) is 16.1. The van der Waals surface area contributed by atoms with Crippen molar-refractivity contribution in [2.75, 3.05) is 51.9 Å². The van der Waals surface area contributed by atoms with Gasteiger partial charge in [-0.1, -0.05) is 0 Å². The van der Waals surface area contributed by atoms with Crippen molar-refractivity contribution in [3.8, 4) is 17.2 Å². The number of methoxy groups -OCH3 is 1. The van der Waals surface area contributed by atoms with E-state index in [0.717, 1.165) is 0 Å². The predicted octanol–water partition coefficient (Wildman–Crippen LogP) is 0.212. The van der Waals surface area contributed by atoms with E-state index in [9.17, 15) is 14.4 Å². The fourth-order valence-corrected chi connectivity index (χ4v) is 3.61. The number of piperazine rings is 1. The number of cyclic esters (lactones) is 1. The summed E-state index contributed by atoms with van der Waals surface area (Å²) in [6.07, 6.45) is 0.0770. The molecule has 2 amide bonds. The van der Waals surface area contributed by atoms with Crippen molar-refractivity contribution < 1.29 is 33.3 Å². The Morgan fingerprint density at radius 1 is 1.17 bits per heavy atom. The Bertz CT molecular complexity index is 820. The Hall–Kier alpha value is -3.01. The SMILES string of the molecule is COc1cc2c(cc1NC(=O)CN1CCN(C(=O)[C@H]3CCC(=O)O3)CC1)OCO2. The average molecular weight is 405 g/mol. The number of nitrogens with zero attached hydrogens (tertiary/aromatic N) is 2. The lowest BCUT2D eigenvalue weighted by Gasteiger charge is -2.35. The van der Waals surface area contributed by atoms with Crippen LogP contribution in [0.1, 0.15) is 12.8 Å². The number of fused-ring (bicyclic) bond motifs is 1. The molecule has 3 aliphatic rings. The van der Waals surface area contributed by atoms with Gasteiger partial charge in [0.25, 0.3) is 5.91 Å². The third-order valence-electron chi connectivity index (χ3n) is 5.18. The van der Waals surface area contributed by atoms with Crippen molar-refractivity contribution in [3.05, 3.63) is 12.1 Å². The van der Waals surface area contributed by atoms with E-state index in [2.05, 4.69) is 5.32 Å². The minimum Gasteiger partial charge on any atom is -0.494 e. The average Bonchev–Trinajstić information content (AvgIpc) is 3.35. The topological polar surface area (TPSA) is 107 Å². The number of rotatable bonds is 5. The van der Waals surface area contributed by atoms with Gasteiger partial charge in [0.1, 0.15) is 5.75 Å². The van der Waals surface area contributed by atoms with Gasteiger partial charge in [0.05, 0.1) is 19.3 Å². The lowest BCUT2D eigenvalue weighted by atomic mass is 10.2. The van der Waals surface area contributed by atoms with Gasteiger partial charge in [-0.2, -0.15) is 0 Å². The third-order valence-corrected chi connectivity index (χ3v) is 5.18. The molecule has 1 aromatic carbocycles. The Morgan fingerprint density at radius 2 is 1.90 bits per heavy atom. The van der Waals surface area contributed by atoms with Crippen LogP contribution in [-0.4, -0.2) is 80.3 Å². The normalized spacial score (nSPS) is 21.1. The van der Waals surface area contributed by atoms with Gasteiger partial charge in [0.2, 0.25) is 12.7 Å². The fourth-order valence-electron chi connectivity index (χ4n) is 3.61. The van der Waals surface area contributed by atoms with Crippen molar-refractivity contribution in [1.29, 1.82) is 0 Å². The van der Waals surface area contributed by atoms with E-state index < -0.39 is 6.10 Å². The first kappa shape index (κ1) is 19.3. The van der Waals surface area contributed by atoms with Crippen molar-refractivity contribution in [3.63, 3.8) is 0 Å². The molecule has 0 spiro atoms. The van der Waals surface area contributed by atoms with Crippen LogP contribution >= 0.6 is 0 Å². The van der Waals surface area contributed by atoms with Crippen LogP contribution in [0.2, 0.25) is 0 Å². The van der Waals surface area contributed by atoms with Gasteiger partial charge in [0, 0.05) is 51.2 Å². The molecule has 29 heavy (non-hydrogen) atoms. The summed E-state index contributed by atoms with van der Waals surface area (Å²) in [6, 6.07) is 3.36. The van der Waals surface area contributed by atoms with Crippen molar-refractivity contribution in [1.82, 2.24) is 9.80 Å². The third kappa shape index (κ3) is 4.21.